The van der Waals surface area contributed by atoms with Gasteiger partial charge in [0.25, 0.3) is 5.91 Å². The predicted octanol–water partition coefficient (Wildman–Crippen LogP) is 6.13. The number of nitrogens with one attached hydrogen (secondary N) is 1. The number of carbonyl (C=O) groups excluding carboxylic acids is 1. The number of halogens is 2. The van der Waals surface area contributed by atoms with Crippen molar-refractivity contribution in [2.75, 3.05) is 6.54 Å². The molecule has 38 heavy (non-hydrogen) atoms. The van der Waals surface area contributed by atoms with Gasteiger partial charge >= 0.3 is 0 Å². The van der Waals surface area contributed by atoms with Crippen LogP contribution in [-0.2, 0) is 25.9 Å². The second-order valence-corrected chi connectivity index (χ2v) is 10.3. The van der Waals surface area contributed by atoms with Crippen molar-refractivity contribution in [3.05, 3.63) is 111 Å². The quantitative estimate of drug-likeness (QED) is 0.270. The molecule has 3 aromatic heterocycles. The van der Waals surface area contributed by atoms with Crippen LogP contribution in [0.1, 0.15) is 63.3 Å². The first kappa shape index (κ1) is 26.4. The monoisotopic (exact) mass is 549 g/mol. The first-order valence-electron chi connectivity index (χ1n) is 12.7. The van der Waals surface area contributed by atoms with Crippen molar-refractivity contribution in [3.8, 4) is 0 Å². The summed E-state index contributed by atoms with van der Waals surface area (Å²) in [5, 5.41) is 3.37. The molecule has 1 unspecified atom stereocenters. The molecule has 0 aliphatic heterocycles. The summed E-state index contributed by atoms with van der Waals surface area (Å²) in [5.74, 6) is 1.23. The average molecular weight is 550 g/mol. The summed E-state index contributed by atoms with van der Waals surface area (Å²) in [6.07, 6.45) is 10.5. The Kier molecular flexibility index (Phi) is 8.37. The van der Waals surface area contributed by atoms with Crippen molar-refractivity contribution in [3.63, 3.8) is 0 Å². The van der Waals surface area contributed by atoms with Gasteiger partial charge in [0.1, 0.15) is 5.76 Å². The van der Waals surface area contributed by atoms with Crippen LogP contribution in [0.5, 0.6) is 0 Å². The maximum absolute atomic E-state index is 12.7. The van der Waals surface area contributed by atoms with Gasteiger partial charge in [-0.25, -0.2) is 4.98 Å². The maximum atomic E-state index is 12.7. The zero-order chi connectivity index (χ0) is 26.5. The standard InChI is InChI=1S/C29H29Cl2N5O2/c1-19-34-15-23(38-19)10-12-36(26-9-3-7-22-8-4-11-33-28(22)26)18-21-6-2-5-20(13-21)14-35-29(37)27-24(30)16-32-17-25(27)31/h2,4-6,8,11,13,15-17,26H,3,7,9-10,12,14,18H2,1H3,(H,35,37). The summed E-state index contributed by atoms with van der Waals surface area (Å²) >= 11 is 12.3. The van der Waals surface area contributed by atoms with E-state index in [9.17, 15) is 4.79 Å². The number of benzene rings is 1. The van der Waals surface area contributed by atoms with Gasteiger partial charge in [0, 0.05) is 51.6 Å². The second-order valence-electron chi connectivity index (χ2n) is 9.50. The molecule has 5 rings (SSSR count). The van der Waals surface area contributed by atoms with E-state index in [1.807, 2.05) is 37.5 Å². The van der Waals surface area contributed by atoms with Crippen molar-refractivity contribution in [1.82, 2.24) is 25.2 Å². The highest BCUT2D eigenvalue weighted by Crippen LogP contribution is 2.34. The summed E-state index contributed by atoms with van der Waals surface area (Å²) in [7, 11) is 0. The number of hydrogen-bond acceptors (Lipinski definition) is 6. The third kappa shape index (κ3) is 6.23. The van der Waals surface area contributed by atoms with Crippen molar-refractivity contribution in [2.45, 2.75) is 51.7 Å². The molecular formula is C29H29Cl2N5O2. The summed E-state index contributed by atoms with van der Waals surface area (Å²) in [4.78, 5) is 28.2. The van der Waals surface area contributed by atoms with Gasteiger partial charge in [-0.3, -0.25) is 19.7 Å². The molecule has 1 aliphatic rings. The number of hydrogen-bond donors (Lipinski definition) is 1. The average Bonchev–Trinajstić information content (AvgIpc) is 3.34. The Hall–Kier alpha value is -3.26. The molecule has 0 saturated heterocycles. The smallest absolute Gasteiger partial charge is 0.254 e. The van der Waals surface area contributed by atoms with E-state index in [1.54, 1.807) is 0 Å². The van der Waals surface area contributed by atoms with Gasteiger partial charge < -0.3 is 9.73 Å². The van der Waals surface area contributed by atoms with E-state index in [-0.39, 0.29) is 27.6 Å². The summed E-state index contributed by atoms with van der Waals surface area (Å²) in [5.41, 5.74) is 4.88. The molecule has 1 amide bonds. The highest BCUT2D eigenvalue weighted by atomic mass is 35.5. The SMILES string of the molecule is Cc1ncc(CCN(Cc2cccc(CNC(=O)c3c(Cl)cncc3Cl)c2)C2CCCc3cccnc32)o1. The van der Waals surface area contributed by atoms with Crippen molar-refractivity contribution in [2.24, 2.45) is 0 Å². The molecular weight excluding hydrogens is 521 g/mol. The molecule has 7 nitrogen and oxygen atoms in total. The Balaban J connectivity index is 1.32. The van der Waals surface area contributed by atoms with Gasteiger partial charge in [0.2, 0.25) is 0 Å². The fourth-order valence-corrected chi connectivity index (χ4v) is 5.57. The molecule has 0 saturated carbocycles. The minimum atomic E-state index is -0.332. The maximum Gasteiger partial charge on any atom is 0.254 e. The lowest BCUT2D eigenvalue weighted by Gasteiger charge is -2.35. The van der Waals surface area contributed by atoms with E-state index in [2.05, 4.69) is 38.4 Å². The van der Waals surface area contributed by atoms with Gasteiger partial charge in [-0.05, 0) is 42.0 Å². The lowest BCUT2D eigenvalue weighted by atomic mass is 9.90. The molecule has 196 valence electrons. The lowest BCUT2D eigenvalue weighted by Crippen LogP contribution is -2.33. The van der Waals surface area contributed by atoms with E-state index >= 15 is 0 Å². The zero-order valence-electron chi connectivity index (χ0n) is 21.2. The van der Waals surface area contributed by atoms with Crippen LogP contribution in [0.25, 0.3) is 0 Å². The molecule has 9 heteroatoms. The van der Waals surface area contributed by atoms with Gasteiger partial charge in [-0.1, -0.05) is 53.5 Å². The summed E-state index contributed by atoms with van der Waals surface area (Å²) < 4.78 is 5.75. The topological polar surface area (TPSA) is 84.2 Å². The van der Waals surface area contributed by atoms with E-state index in [0.29, 0.717) is 12.4 Å². The van der Waals surface area contributed by atoms with Gasteiger partial charge in [-0.15, -0.1) is 0 Å². The Bertz CT molecular complexity index is 1400. The molecule has 1 aliphatic carbocycles. The van der Waals surface area contributed by atoms with Crippen molar-refractivity contribution in [1.29, 1.82) is 0 Å². The molecule has 1 N–H and O–H groups in total. The Morgan fingerprint density at radius 1 is 1.11 bits per heavy atom. The minimum absolute atomic E-state index is 0.225. The summed E-state index contributed by atoms with van der Waals surface area (Å²) in [6, 6.07) is 12.7. The number of carbonyl (C=O) groups is 1. The van der Waals surface area contributed by atoms with Crippen LogP contribution in [-0.4, -0.2) is 32.3 Å². The molecule has 3 heterocycles. The molecule has 0 spiro atoms. The first-order chi connectivity index (χ1) is 18.5. The van der Waals surface area contributed by atoms with E-state index < -0.39 is 0 Å². The van der Waals surface area contributed by atoms with Crippen LogP contribution >= 0.6 is 23.2 Å². The number of aromatic nitrogens is 3. The highest BCUT2D eigenvalue weighted by molar-refractivity contribution is 6.39. The van der Waals surface area contributed by atoms with Gasteiger partial charge in [0.15, 0.2) is 5.89 Å². The van der Waals surface area contributed by atoms with Crippen molar-refractivity contribution >= 4 is 29.1 Å². The number of oxazole rings is 1. The van der Waals surface area contributed by atoms with Crippen LogP contribution in [0, 0.1) is 6.92 Å². The normalized spacial score (nSPS) is 14.9. The van der Waals surface area contributed by atoms with Crippen LogP contribution < -0.4 is 5.32 Å². The number of nitrogens with zero attached hydrogens (tertiary/aromatic N) is 4. The van der Waals surface area contributed by atoms with E-state index in [4.69, 9.17) is 32.6 Å². The van der Waals surface area contributed by atoms with Crippen LogP contribution in [0.15, 0.2) is 65.6 Å². The molecule has 0 fully saturated rings. The van der Waals surface area contributed by atoms with E-state index in [1.165, 1.54) is 23.7 Å². The van der Waals surface area contributed by atoms with Gasteiger partial charge in [-0.2, -0.15) is 0 Å². The lowest BCUT2D eigenvalue weighted by molar-refractivity contribution is 0.0951. The first-order valence-corrected chi connectivity index (χ1v) is 13.5. The fourth-order valence-electron chi connectivity index (χ4n) is 5.03. The number of amides is 1. The molecule has 0 bridgehead atoms. The largest absolute Gasteiger partial charge is 0.446 e. The molecule has 1 atom stereocenters. The number of aryl methyl sites for hydroxylation is 2. The second kappa shape index (κ2) is 12.1. The zero-order valence-corrected chi connectivity index (χ0v) is 22.7. The molecule has 0 radical (unpaired) electrons. The predicted molar refractivity (Wildman–Crippen MR) is 147 cm³/mol. The minimum Gasteiger partial charge on any atom is -0.446 e. The Morgan fingerprint density at radius 3 is 2.71 bits per heavy atom. The number of fused-ring (bicyclic) bond motifs is 1. The highest BCUT2D eigenvalue weighted by Gasteiger charge is 2.27. The van der Waals surface area contributed by atoms with Crippen molar-refractivity contribution < 1.29 is 9.21 Å². The molecule has 4 aromatic rings. The molecule has 1 aromatic carbocycles. The van der Waals surface area contributed by atoms with Gasteiger partial charge in [0.05, 0.1) is 33.5 Å². The Morgan fingerprint density at radius 2 is 1.92 bits per heavy atom. The van der Waals surface area contributed by atoms with Crippen LogP contribution in [0.2, 0.25) is 10.0 Å². The van der Waals surface area contributed by atoms with E-state index in [0.717, 1.165) is 55.7 Å². The fraction of sp³-hybridized carbons (Fsp3) is 0.310. The van der Waals surface area contributed by atoms with Crippen LogP contribution in [0.4, 0.5) is 0 Å². The third-order valence-electron chi connectivity index (χ3n) is 6.83. The number of rotatable bonds is 9. The summed E-state index contributed by atoms with van der Waals surface area (Å²) in [6.45, 7) is 3.78. The third-order valence-corrected chi connectivity index (χ3v) is 7.40. The van der Waals surface area contributed by atoms with Crippen LogP contribution in [0.3, 0.4) is 0 Å². The number of pyridine rings is 2. The Labute approximate surface area is 232 Å².